The number of rotatable bonds is 10. The minimum Gasteiger partial charge on any atom is -0.472 e. The molecule has 6 aliphatic rings. The van der Waals surface area contributed by atoms with Crippen LogP contribution in [0.2, 0.25) is 0 Å². The van der Waals surface area contributed by atoms with Gasteiger partial charge in [0.2, 0.25) is 5.60 Å². The summed E-state index contributed by atoms with van der Waals surface area (Å²) in [4.78, 5) is 96.1. The average molecular weight is 775 g/mol. The first kappa shape index (κ1) is 38.9. The normalized spacial score (nSPS) is 45.2. The number of Topliss-reactive ketones (excluding diaryl/α,β-unsaturated/α-hetero) is 1. The summed E-state index contributed by atoms with van der Waals surface area (Å²) >= 11 is 0. The van der Waals surface area contributed by atoms with Crippen LogP contribution in [0, 0.1) is 28.1 Å². The number of hydrogen-bond donors (Lipinski definition) is 0. The third-order valence-corrected chi connectivity index (χ3v) is 13.8. The summed E-state index contributed by atoms with van der Waals surface area (Å²) in [5.74, 6) is -10.1. The molecule has 13 atom stereocenters. The number of hydrogen-bond acceptors (Lipinski definition) is 17. The van der Waals surface area contributed by atoms with Gasteiger partial charge in [-0.15, -0.1) is 0 Å². The molecule has 0 amide bonds. The zero-order chi connectivity index (χ0) is 40.5. The van der Waals surface area contributed by atoms with Crippen molar-refractivity contribution in [2.45, 2.75) is 128 Å². The van der Waals surface area contributed by atoms with E-state index < -0.39 is 123 Å². The fourth-order valence-corrected chi connectivity index (χ4v) is 12.7. The van der Waals surface area contributed by atoms with Gasteiger partial charge in [-0.3, -0.25) is 33.6 Å². The number of methoxy groups -OCH3 is 2. The fraction of sp³-hybridized carbons (Fsp3) is 0.711. The van der Waals surface area contributed by atoms with E-state index in [2.05, 4.69) is 0 Å². The van der Waals surface area contributed by atoms with Crippen molar-refractivity contribution < 1.29 is 80.6 Å². The van der Waals surface area contributed by atoms with Gasteiger partial charge in [0.1, 0.15) is 18.0 Å². The molecule has 2 aliphatic heterocycles. The summed E-state index contributed by atoms with van der Waals surface area (Å²) in [6.07, 6.45) is -3.72. The van der Waals surface area contributed by atoms with Crippen LogP contribution >= 0.6 is 0 Å². The van der Waals surface area contributed by atoms with E-state index >= 15 is 4.79 Å². The lowest BCUT2D eigenvalue weighted by Crippen LogP contribution is -2.96. The smallest absolute Gasteiger partial charge is 0.305 e. The average Bonchev–Trinajstić information content (AvgIpc) is 3.79. The standard InChI is InChI=1S/C38H46O17/c1-18(39)49-25-15-31(5,28(45)22-11-12-48-16-22)24(14-27(44)47-10)36-30(51-20(3)41)37(52-21(4)42)29(50-19(2)40)32(6)17-35(37)33(7,23(32)13-26(43)46-9)38(25,36)55-34(8,53-35)54-36/h11-12,16,23-25,29-30H,13-15,17H2,1-10H3/t23-,24+,25+,29-,30-,31+,32+,33+,34+,35-,36+,37-,38-/m0/s1. The Labute approximate surface area is 316 Å². The van der Waals surface area contributed by atoms with E-state index in [1.165, 1.54) is 39.5 Å². The van der Waals surface area contributed by atoms with Crippen molar-refractivity contribution in [3.05, 3.63) is 24.2 Å². The summed E-state index contributed by atoms with van der Waals surface area (Å²) in [7, 11) is 2.36. The van der Waals surface area contributed by atoms with Crippen LogP contribution in [0.5, 0.6) is 0 Å². The Bertz CT molecular complexity index is 1890. The van der Waals surface area contributed by atoms with Crippen LogP contribution in [0.1, 0.15) is 91.4 Å². The number of ketones is 1. The monoisotopic (exact) mass is 774 g/mol. The second-order valence-electron chi connectivity index (χ2n) is 16.5. The van der Waals surface area contributed by atoms with E-state index in [1.54, 1.807) is 20.8 Å². The zero-order valence-corrected chi connectivity index (χ0v) is 32.4. The Kier molecular flexibility index (Phi) is 8.37. The lowest BCUT2D eigenvalue weighted by molar-refractivity contribution is -0.485. The van der Waals surface area contributed by atoms with E-state index in [0.717, 1.165) is 27.9 Å². The molecular weight excluding hydrogens is 728 g/mol. The molecule has 0 aromatic carbocycles. The molecule has 0 N–H and O–H groups in total. The van der Waals surface area contributed by atoms with Crippen molar-refractivity contribution in [3.63, 3.8) is 0 Å². The number of carbonyl (C=O) groups is 7. The van der Waals surface area contributed by atoms with Gasteiger partial charge >= 0.3 is 35.8 Å². The highest BCUT2D eigenvalue weighted by atomic mass is 16.9. The van der Waals surface area contributed by atoms with E-state index in [-0.39, 0.29) is 24.8 Å². The number of esters is 6. The highest BCUT2D eigenvalue weighted by molar-refractivity contribution is 6.01. The van der Waals surface area contributed by atoms with Gasteiger partial charge in [0.15, 0.2) is 29.2 Å². The Morgan fingerprint density at radius 2 is 1.33 bits per heavy atom. The first-order valence-corrected chi connectivity index (χ1v) is 18.1. The van der Waals surface area contributed by atoms with Crippen molar-refractivity contribution in [1.82, 2.24) is 0 Å². The summed E-state index contributed by atoms with van der Waals surface area (Å²) in [6.45, 7) is 11.0. The lowest BCUT2D eigenvalue weighted by atomic mass is 9.33. The second kappa shape index (κ2) is 11.8. The Hall–Kier alpha value is -4.35. The Morgan fingerprint density at radius 1 is 0.745 bits per heavy atom. The highest BCUT2D eigenvalue weighted by Crippen LogP contribution is 2.90. The third-order valence-electron chi connectivity index (χ3n) is 13.8. The van der Waals surface area contributed by atoms with E-state index in [1.807, 2.05) is 0 Å². The Morgan fingerprint density at radius 3 is 1.85 bits per heavy atom. The van der Waals surface area contributed by atoms with E-state index in [9.17, 15) is 28.8 Å². The molecule has 6 fully saturated rings. The molecule has 2 saturated heterocycles. The fourth-order valence-electron chi connectivity index (χ4n) is 12.7. The van der Waals surface area contributed by atoms with Crippen LogP contribution in [0.4, 0.5) is 0 Å². The van der Waals surface area contributed by atoms with Crippen LogP contribution in [0.25, 0.3) is 0 Å². The maximum Gasteiger partial charge on any atom is 0.305 e. The first-order chi connectivity index (χ1) is 25.6. The topological polar surface area (TPSA) is 216 Å². The molecular formula is C38H46O17. The number of fused-ring (bicyclic) bond motifs is 2. The molecule has 0 radical (unpaired) electrons. The number of furan rings is 1. The molecule has 17 nitrogen and oxygen atoms in total. The SMILES string of the molecule is COC(=O)C[C@H]1[C@@]2(C)C[C@@]34O[C@]5(C)O[C@@]6([C@H](OC(C)=O)[C@@]3(OC(C)=O)[C@H]2OC(C)=O)[C@H](CC(=O)OC)[C@](C)(C(=O)c2ccoc2)C[C@@H](OC(C)=O)[C@]6(O5)[C@]14C. The van der Waals surface area contributed by atoms with E-state index in [0.29, 0.717) is 0 Å². The van der Waals surface area contributed by atoms with Gasteiger partial charge in [0, 0.05) is 69.6 Å². The molecule has 0 unspecified atom stereocenters. The van der Waals surface area contributed by atoms with Crippen LogP contribution < -0.4 is 0 Å². The van der Waals surface area contributed by atoms with Crippen LogP contribution in [-0.4, -0.2) is 103 Å². The van der Waals surface area contributed by atoms with Gasteiger partial charge in [-0.25, -0.2) is 0 Å². The van der Waals surface area contributed by atoms with Crippen molar-refractivity contribution in [1.29, 1.82) is 0 Å². The summed E-state index contributed by atoms with van der Waals surface area (Å²) in [5, 5.41) is 0. The number of carbonyl (C=O) groups excluding carboxylic acids is 7. The van der Waals surface area contributed by atoms with Crippen molar-refractivity contribution in [2.24, 2.45) is 28.1 Å². The minimum absolute atomic E-state index is 0.0872. The molecule has 55 heavy (non-hydrogen) atoms. The molecule has 4 saturated carbocycles. The predicted octanol–water partition coefficient (Wildman–Crippen LogP) is 2.74. The predicted molar refractivity (Wildman–Crippen MR) is 178 cm³/mol. The quantitative estimate of drug-likeness (QED) is 0.190. The molecule has 1 aromatic rings. The maximum absolute atomic E-state index is 15.0. The first-order valence-electron chi connectivity index (χ1n) is 18.1. The van der Waals surface area contributed by atoms with Gasteiger partial charge in [-0.1, -0.05) is 20.8 Å². The van der Waals surface area contributed by atoms with Crippen molar-refractivity contribution in [2.75, 3.05) is 14.2 Å². The molecule has 300 valence electrons. The van der Waals surface area contributed by atoms with Gasteiger partial charge in [-0.05, 0) is 18.4 Å². The van der Waals surface area contributed by atoms with Gasteiger partial charge in [0.25, 0.3) is 5.97 Å². The molecule has 1 aromatic heterocycles. The molecule has 17 heteroatoms. The zero-order valence-electron chi connectivity index (χ0n) is 32.4. The van der Waals surface area contributed by atoms with Crippen LogP contribution in [0.3, 0.4) is 0 Å². The third kappa shape index (κ3) is 4.37. The lowest BCUT2D eigenvalue weighted by Gasteiger charge is -2.77. The van der Waals surface area contributed by atoms with Crippen molar-refractivity contribution >= 4 is 41.6 Å². The maximum atomic E-state index is 15.0. The minimum atomic E-state index is -2.36. The number of ether oxygens (including phenoxy) is 9. The van der Waals surface area contributed by atoms with Gasteiger partial charge in [0.05, 0.1) is 32.5 Å². The molecule has 4 aliphatic carbocycles. The molecule has 7 rings (SSSR count). The molecule has 2 spiro atoms. The second-order valence-corrected chi connectivity index (χ2v) is 16.5. The Balaban J connectivity index is 1.71. The van der Waals surface area contributed by atoms with Gasteiger partial charge < -0.3 is 47.0 Å². The van der Waals surface area contributed by atoms with Crippen LogP contribution in [0.15, 0.2) is 23.0 Å². The van der Waals surface area contributed by atoms with Gasteiger partial charge in [-0.2, -0.15) is 0 Å². The molecule has 4 bridgehead atoms. The molecule has 3 heterocycles. The summed E-state index contributed by atoms with van der Waals surface area (Å²) < 4.78 is 62.3. The highest BCUT2D eigenvalue weighted by Gasteiger charge is 3.06. The summed E-state index contributed by atoms with van der Waals surface area (Å²) in [6, 6.07) is 1.43. The largest absolute Gasteiger partial charge is 0.472 e. The van der Waals surface area contributed by atoms with Crippen molar-refractivity contribution in [3.8, 4) is 0 Å². The summed E-state index contributed by atoms with van der Waals surface area (Å²) in [5.41, 5.74) is -13.4. The van der Waals surface area contributed by atoms with E-state index in [4.69, 9.17) is 47.0 Å². The van der Waals surface area contributed by atoms with Crippen LogP contribution in [-0.2, 0) is 71.4 Å².